The van der Waals surface area contributed by atoms with Gasteiger partial charge in [0, 0.05) is 5.02 Å². The normalized spacial score (nSPS) is 19.8. The molecule has 1 saturated heterocycles. The van der Waals surface area contributed by atoms with Crippen molar-refractivity contribution in [3.8, 4) is 0 Å². The van der Waals surface area contributed by atoms with E-state index >= 15 is 0 Å². The number of thioether (sulfide) groups is 1. The van der Waals surface area contributed by atoms with Gasteiger partial charge < -0.3 is 5.32 Å². The lowest BCUT2D eigenvalue weighted by atomic mass is 10.3. The summed E-state index contributed by atoms with van der Waals surface area (Å²) in [5.74, 6) is -0.383. The number of carbonyl (C=O) groups is 2. The molecule has 0 radical (unpaired) electrons. The third-order valence-corrected chi connectivity index (χ3v) is 3.35. The van der Waals surface area contributed by atoms with Crippen LogP contribution in [0, 0.1) is 0 Å². The molecule has 84 valence electrons. The van der Waals surface area contributed by atoms with E-state index in [1.54, 1.807) is 18.2 Å². The second-order valence-corrected chi connectivity index (χ2v) is 4.96. The van der Waals surface area contributed by atoms with Gasteiger partial charge in [0.1, 0.15) is 0 Å². The minimum absolute atomic E-state index is 0.374. The molecule has 0 aromatic heterocycles. The van der Waals surface area contributed by atoms with Gasteiger partial charge in [-0.25, -0.2) is 0 Å². The summed E-state index contributed by atoms with van der Waals surface area (Å²) in [6, 6.07) is 4.86. The second kappa shape index (κ2) is 4.53. The number of nitrogens with one attached hydrogen (secondary N) is 2. The number of imide groups is 1. The van der Waals surface area contributed by atoms with Crippen molar-refractivity contribution in [1.82, 2.24) is 5.32 Å². The average molecular weight is 277 g/mol. The van der Waals surface area contributed by atoms with Crippen LogP contribution in [0.15, 0.2) is 18.2 Å². The molecule has 1 fully saturated rings. The fourth-order valence-electron chi connectivity index (χ4n) is 1.20. The van der Waals surface area contributed by atoms with Gasteiger partial charge in [0.05, 0.1) is 10.7 Å². The van der Waals surface area contributed by atoms with Crippen molar-refractivity contribution in [1.29, 1.82) is 0 Å². The maximum absolute atomic E-state index is 11.3. The molecule has 1 aliphatic heterocycles. The quantitative estimate of drug-likeness (QED) is 0.872. The molecule has 1 aromatic carbocycles. The Labute approximate surface area is 106 Å². The van der Waals surface area contributed by atoms with Crippen molar-refractivity contribution in [2.24, 2.45) is 0 Å². The summed E-state index contributed by atoms with van der Waals surface area (Å²) in [5.41, 5.74) is 0.525. The SMILES string of the molecule is O=C1NC(=O)C(Nc2cc(Cl)ccc2Cl)S1. The number of halogens is 2. The van der Waals surface area contributed by atoms with Crippen molar-refractivity contribution >= 4 is 51.8 Å². The number of carbonyl (C=O) groups excluding carboxylic acids is 2. The first-order chi connectivity index (χ1) is 7.56. The Morgan fingerprint density at radius 1 is 1.31 bits per heavy atom. The lowest BCUT2D eigenvalue weighted by Crippen LogP contribution is -2.29. The Morgan fingerprint density at radius 3 is 2.69 bits per heavy atom. The van der Waals surface area contributed by atoms with Crippen molar-refractivity contribution in [2.45, 2.75) is 5.37 Å². The van der Waals surface area contributed by atoms with Gasteiger partial charge in [-0.05, 0) is 30.0 Å². The van der Waals surface area contributed by atoms with E-state index in [-0.39, 0.29) is 11.1 Å². The van der Waals surface area contributed by atoms with Crippen LogP contribution in [0.4, 0.5) is 10.5 Å². The number of hydrogen-bond donors (Lipinski definition) is 2. The number of hydrogen-bond acceptors (Lipinski definition) is 4. The number of benzene rings is 1. The van der Waals surface area contributed by atoms with Gasteiger partial charge in [-0.3, -0.25) is 14.9 Å². The zero-order valence-electron chi connectivity index (χ0n) is 7.79. The van der Waals surface area contributed by atoms with Crippen molar-refractivity contribution < 1.29 is 9.59 Å². The largest absolute Gasteiger partial charge is 0.364 e. The molecule has 1 heterocycles. The van der Waals surface area contributed by atoms with E-state index in [0.29, 0.717) is 15.7 Å². The van der Waals surface area contributed by atoms with E-state index in [4.69, 9.17) is 23.2 Å². The topological polar surface area (TPSA) is 58.2 Å². The van der Waals surface area contributed by atoms with E-state index in [1.807, 2.05) is 0 Å². The molecule has 0 saturated carbocycles. The third kappa shape index (κ3) is 2.42. The highest BCUT2D eigenvalue weighted by Crippen LogP contribution is 2.29. The zero-order valence-corrected chi connectivity index (χ0v) is 10.1. The molecule has 2 amide bonds. The molecule has 0 spiro atoms. The maximum atomic E-state index is 11.3. The van der Waals surface area contributed by atoms with Crippen LogP contribution in [-0.4, -0.2) is 16.5 Å². The van der Waals surface area contributed by atoms with Crippen LogP contribution in [0.3, 0.4) is 0 Å². The molecule has 1 aliphatic rings. The molecule has 1 unspecified atom stereocenters. The first-order valence-electron chi connectivity index (χ1n) is 4.29. The van der Waals surface area contributed by atoms with Crippen LogP contribution in [0.25, 0.3) is 0 Å². The van der Waals surface area contributed by atoms with Gasteiger partial charge >= 0.3 is 0 Å². The lowest BCUT2D eigenvalue weighted by molar-refractivity contribution is -0.118. The van der Waals surface area contributed by atoms with Crippen molar-refractivity contribution in [3.05, 3.63) is 28.2 Å². The Morgan fingerprint density at radius 2 is 2.06 bits per heavy atom. The van der Waals surface area contributed by atoms with E-state index in [1.165, 1.54) is 0 Å². The molecule has 7 heteroatoms. The van der Waals surface area contributed by atoms with E-state index in [0.717, 1.165) is 11.8 Å². The summed E-state index contributed by atoms with van der Waals surface area (Å²) in [6.45, 7) is 0. The smallest absolute Gasteiger partial charge is 0.288 e. The molecular weight excluding hydrogens is 271 g/mol. The molecule has 0 bridgehead atoms. The monoisotopic (exact) mass is 276 g/mol. The molecule has 1 aromatic rings. The molecule has 16 heavy (non-hydrogen) atoms. The van der Waals surface area contributed by atoms with Gasteiger partial charge in [0.15, 0.2) is 5.37 Å². The Balaban J connectivity index is 2.18. The minimum atomic E-state index is -0.663. The predicted molar refractivity (Wildman–Crippen MR) is 65.0 cm³/mol. The highest BCUT2D eigenvalue weighted by Gasteiger charge is 2.31. The van der Waals surface area contributed by atoms with Crippen molar-refractivity contribution in [3.63, 3.8) is 0 Å². The molecule has 4 nitrogen and oxygen atoms in total. The predicted octanol–water partition coefficient (Wildman–Crippen LogP) is 2.71. The van der Waals surface area contributed by atoms with Crippen LogP contribution in [0.2, 0.25) is 10.0 Å². The number of anilines is 1. The molecule has 2 N–H and O–H groups in total. The first-order valence-corrected chi connectivity index (χ1v) is 5.93. The highest BCUT2D eigenvalue weighted by atomic mass is 35.5. The number of amides is 2. The van der Waals surface area contributed by atoms with Crippen LogP contribution < -0.4 is 10.6 Å². The summed E-state index contributed by atoms with van der Waals surface area (Å²) in [7, 11) is 0. The first kappa shape index (κ1) is 11.6. The molecule has 2 rings (SSSR count). The van der Waals surface area contributed by atoms with Crippen LogP contribution in [-0.2, 0) is 4.79 Å². The molecule has 1 atom stereocenters. The highest BCUT2D eigenvalue weighted by molar-refractivity contribution is 8.15. The average Bonchev–Trinajstić information content (AvgIpc) is 2.51. The minimum Gasteiger partial charge on any atom is -0.364 e. The summed E-state index contributed by atoms with van der Waals surface area (Å²) in [6.07, 6.45) is 0. The van der Waals surface area contributed by atoms with Gasteiger partial charge in [-0.15, -0.1) is 0 Å². The van der Waals surface area contributed by atoms with E-state index < -0.39 is 5.37 Å². The Kier molecular flexibility index (Phi) is 3.28. The zero-order chi connectivity index (χ0) is 11.7. The maximum Gasteiger partial charge on any atom is 0.288 e. The number of rotatable bonds is 2. The summed E-state index contributed by atoms with van der Waals surface area (Å²) in [5, 5.41) is 4.92. The summed E-state index contributed by atoms with van der Waals surface area (Å²) in [4.78, 5) is 22.2. The molecule has 0 aliphatic carbocycles. The summed E-state index contributed by atoms with van der Waals surface area (Å²) < 4.78 is 0. The van der Waals surface area contributed by atoms with Crippen LogP contribution >= 0.6 is 35.0 Å². The molecular formula is C9H6Cl2N2O2S. The Hall–Kier alpha value is -0.910. The van der Waals surface area contributed by atoms with Crippen LogP contribution in [0.5, 0.6) is 0 Å². The fraction of sp³-hybridized carbons (Fsp3) is 0.111. The third-order valence-electron chi connectivity index (χ3n) is 1.90. The fourth-order valence-corrected chi connectivity index (χ4v) is 2.27. The van der Waals surface area contributed by atoms with Gasteiger partial charge in [-0.1, -0.05) is 23.2 Å². The van der Waals surface area contributed by atoms with Crippen LogP contribution in [0.1, 0.15) is 0 Å². The lowest BCUT2D eigenvalue weighted by Gasteiger charge is -2.11. The summed E-state index contributed by atoms with van der Waals surface area (Å²) >= 11 is 12.6. The second-order valence-electron chi connectivity index (χ2n) is 3.04. The van der Waals surface area contributed by atoms with E-state index in [2.05, 4.69) is 10.6 Å². The standard InChI is InChI=1S/C9H6Cl2N2O2S/c10-4-1-2-5(11)6(3-4)12-8-7(14)13-9(15)16-8/h1-3,8,12H,(H,13,14,15). The van der Waals surface area contributed by atoms with Gasteiger partial charge in [-0.2, -0.15) is 0 Å². The van der Waals surface area contributed by atoms with Gasteiger partial charge in [0.25, 0.3) is 11.1 Å². The van der Waals surface area contributed by atoms with Gasteiger partial charge in [0.2, 0.25) is 0 Å². The van der Waals surface area contributed by atoms with E-state index in [9.17, 15) is 9.59 Å². The van der Waals surface area contributed by atoms with Crippen molar-refractivity contribution in [2.75, 3.05) is 5.32 Å². The Bertz CT molecular complexity index is 467.